The van der Waals surface area contributed by atoms with Crippen molar-refractivity contribution in [1.29, 1.82) is 0 Å². The minimum absolute atomic E-state index is 0.113. The summed E-state index contributed by atoms with van der Waals surface area (Å²) in [6.45, 7) is 1.87. The summed E-state index contributed by atoms with van der Waals surface area (Å²) in [6.07, 6.45) is 4.22. The van der Waals surface area contributed by atoms with Gasteiger partial charge in [0.15, 0.2) is 6.04 Å². The zero-order valence-electron chi connectivity index (χ0n) is 13.1. The summed E-state index contributed by atoms with van der Waals surface area (Å²) in [6, 6.07) is 5.80. The van der Waals surface area contributed by atoms with Crippen LogP contribution in [0.3, 0.4) is 0 Å². The van der Waals surface area contributed by atoms with Crippen LogP contribution in [0.5, 0.6) is 0 Å². The van der Waals surface area contributed by atoms with Gasteiger partial charge in [0.25, 0.3) is 0 Å². The summed E-state index contributed by atoms with van der Waals surface area (Å²) < 4.78 is 6.70. The number of carbonyl (C=O) groups is 2. The number of hydrogen-bond acceptors (Lipinski definition) is 3. The van der Waals surface area contributed by atoms with E-state index in [4.69, 9.17) is 4.74 Å². The van der Waals surface area contributed by atoms with Gasteiger partial charge >= 0.3 is 5.97 Å². The molecule has 2 rings (SSSR count). The molecule has 2 N–H and O–H groups in total. The Balaban J connectivity index is 2.03. The van der Waals surface area contributed by atoms with E-state index < -0.39 is 18.1 Å². The van der Waals surface area contributed by atoms with Crippen LogP contribution in [0.4, 0.5) is 0 Å². The second-order valence-electron chi connectivity index (χ2n) is 5.77. The van der Waals surface area contributed by atoms with E-state index in [1.54, 1.807) is 24.3 Å². The van der Waals surface area contributed by atoms with Crippen LogP contribution in [-0.2, 0) is 14.3 Å². The summed E-state index contributed by atoms with van der Waals surface area (Å²) in [5.41, 5.74) is 0.532. The monoisotopic (exact) mass is 383 g/mol. The van der Waals surface area contributed by atoms with Gasteiger partial charge in [-0.25, -0.2) is 4.79 Å². The number of carboxylic acids is 1. The number of hydrogen-bond donors (Lipinski definition) is 2. The number of rotatable bonds is 7. The summed E-state index contributed by atoms with van der Waals surface area (Å²) in [5, 5.41) is 12.0. The highest BCUT2D eigenvalue weighted by Crippen LogP contribution is 2.23. The standard InChI is InChI=1S/C17H22BrNO4/c1-2-14(23-13-5-3-4-6-13)16(20)19-15(17(21)22)11-7-9-12(18)10-8-11/h7-10,13-15H,2-6H2,1H3,(H,19,20)(H,21,22). The van der Waals surface area contributed by atoms with Crippen molar-refractivity contribution in [3.05, 3.63) is 34.3 Å². The van der Waals surface area contributed by atoms with Crippen LogP contribution >= 0.6 is 15.9 Å². The molecule has 5 nitrogen and oxygen atoms in total. The van der Waals surface area contributed by atoms with E-state index in [2.05, 4.69) is 21.2 Å². The highest BCUT2D eigenvalue weighted by atomic mass is 79.9. The van der Waals surface area contributed by atoms with Crippen molar-refractivity contribution < 1.29 is 19.4 Å². The molecule has 0 radical (unpaired) electrons. The number of amides is 1. The van der Waals surface area contributed by atoms with Crippen LogP contribution < -0.4 is 5.32 Å². The molecule has 1 aliphatic carbocycles. The topological polar surface area (TPSA) is 75.6 Å². The molecule has 0 aromatic heterocycles. The lowest BCUT2D eigenvalue weighted by Crippen LogP contribution is -2.42. The zero-order valence-corrected chi connectivity index (χ0v) is 14.7. The number of aliphatic carboxylic acids is 1. The normalized spacial score (nSPS) is 17.7. The molecule has 0 bridgehead atoms. The number of nitrogens with one attached hydrogen (secondary N) is 1. The molecule has 2 atom stereocenters. The molecule has 23 heavy (non-hydrogen) atoms. The minimum Gasteiger partial charge on any atom is -0.479 e. The molecule has 0 spiro atoms. The van der Waals surface area contributed by atoms with Gasteiger partial charge in [0.05, 0.1) is 6.10 Å². The average Bonchev–Trinajstić information content (AvgIpc) is 3.04. The van der Waals surface area contributed by atoms with Gasteiger partial charge in [-0.1, -0.05) is 47.8 Å². The van der Waals surface area contributed by atoms with Crippen LogP contribution in [0.25, 0.3) is 0 Å². The molecule has 2 unspecified atom stereocenters. The van der Waals surface area contributed by atoms with E-state index in [0.29, 0.717) is 12.0 Å². The Morgan fingerprint density at radius 1 is 1.30 bits per heavy atom. The van der Waals surface area contributed by atoms with Gasteiger partial charge in [-0.3, -0.25) is 4.79 Å². The van der Waals surface area contributed by atoms with Gasteiger partial charge in [0, 0.05) is 4.47 Å². The lowest BCUT2D eigenvalue weighted by atomic mass is 10.1. The van der Waals surface area contributed by atoms with Crippen molar-refractivity contribution in [2.45, 2.75) is 57.3 Å². The van der Waals surface area contributed by atoms with Crippen LogP contribution in [0.15, 0.2) is 28.7 Å². The van der Waals surface area contributed by atoms with Gasteiger partial charge in [-0.05, 0) is 37.0 Å². The van der Waals surface area contributed by atoms with Gasteiger partial charge in [0.1, 0.15) is 6.10 Å². The van der Waals surface area contributed by atoms with E-state index >= 15 is 0 Å². The van der Waals surface area contributed by atoms with Gasteiger partial charge in [-0.15, -0.1) is 0 Å². The smallest absolute Gasteiger partial charge is 0.330 e. The van der Waals surface area contributed by atoms with Crippen molar-refractivity contribution >= 4 is 27.8 Å². The molecule has 1 saturated carbocycles. The second-order valence-corrected chi connectivity index (χ2v) is 6.69. The van der Waals surface area contributed by atoms with Gasteiger partial charge < -0.3 is 15.2 Å². The molecule has 126 valence electrons. The molecule has 0 heterocycles. The molecule has 0 aliphatic heterocycles. The molecule has 1 amide bonds. The Hall–Kier alpha value is -1.40. The fraction of sp³-hybridized carbons (Fsp3) is 0.529. The predicted octanol–water partition coefficient (Wildman–Crippen LogP) is 3.43. The van der Waals surface area contributed by atoms with Gasteiger partial charge in [0.2, 0.25) is 5.91 Å². The maximum atomic E-state index is 12.4. The van der Waals surface area contributed by atoms with E-state index in [-0.39, 0.29) is 12.0 Å². The minimum atomic E-state index is -1.09. The predicted molar refractivity (Wildman–Crippen MR) is 90.1 cm³/mol. The summed E-state index contributed by atoms with van der Waals surface area (Å²) in [4.78, 5) is 23.9. The van der Waals surface area contributed by atoms with Crippen molar-refractivity contribution in [1.82, 2.24) is 5.32 Å². The molecule has 1 fully saturated rings. The molecule has 1 aromatic rings. The quantitative estimate of drug-likeness (QED) is 0.755. The molecule has 1 aliphatic rings. The molecule has 6 heteroatoms. The Kier molecular flexibility index (Phi) is 6.59. The summed E-state index contributed by atoms with van der Waals surface area (Å²) in [5.74, 6) is -1.45. The first-order valence-electron chi connectivity index (χ1n) is 7.95. The molecule has 1 aromatic carbocycles. The lowest BCUT2D eigenvalue weighted by Gasteiger charge is -2.23. The number of carbonyl (C=O) groups excluding carboxylic acids is 1. The Bertz CT molecular complexity index is 540. The lowest BCUT2D eigenvalue weighted by molar-refractivity contribution is -0.146. The molecular formula is C17H22BrNO4. The highest BCUT2D eigenvalue weighted by Gasteiger charge is 2.28. The van der Waals surface area contributed by atoms with Crippen LogP contribution in [0.1, 0.15) is 50.6 Å². The SMILES string of the molecule is CCC(OC1CCCC1)C(=O)NC(C(=O)O)c1ccc(Br)cc1. The first kappa shape index (κ1) is 17.9. The van der Waals surface area contributed by atoms with Gasteiger partial charge in [-0.2, -0.15) is 0 Å². The largest absolute Gasteiger partial charge is 0.479 e. The maximum absolute atomic E-state index is 12.4. The first-order chi connectivity index (χ1) is 11.0. The van der Waals surface area contributed by atoms with Crippen molar-refractivity contribution in [2.75, 3.05) is 0 Å². The third-order valence-corrected chi connectivity index (χ3v) is 4.59. The zero-order chi connectivity index (χ0) is 16.8. The number of halogens is 1. The first-order valence-corrected chi connectivity index (χ1v) is 8.74. The van der Waals surface area contributed by atoms with E-state index in [1.807, 2.05) is 6.92 Å². The Morgan fingerprint density at radius 2 is 1.91 bits per heavy atom. The van der Waals surface area contributed by atoms with Crippen molar-refractivity contribution in [3.63, 3.8) is 0 Å². The third-order valence-electron chi connectivity index (χ3n) is 4.06. The number of benzene rings is 1. The van der Waals surface area contributed by atoms with Crippen LogP contribution in [0.2, 0.25) is 0 Å². The average molecular weight is 384 g/mol. The van der Waals surface area contributed by atoms with Crippen LogP contribution in [-0.4, -0.2) is 29.2 Å². The van der Waals surface area contributed by atoms with Crippen molar-refractivity contribution in [2.24, 2.45) is 0 Å². The number of ether oxygens (including phenoxy) is 1. The molecular weight excluding hydrogens is 362 g/mol. The summed E-state index contributed by atoms with van der Waals surface area (Å²) in [7, 11) is 0. The third kappa shape index (κ3) is 5.04. The second kappa shape index (κ2) is 8.45. The highest BCUT2D eigenvalue weighted by molar-refractivity contribution is 9.10. The van der Waals surface area contributed by atoms with E-state index in [1.165, 1.54) is 0 Å². The van der Waals surface area contributed by atoms with Crippen molar-refractivity contribution in [3.8, 4) is 0 Å². The Morgan fingerprint density at radius 3 is 2.43 bits per heavy atom. The molecule has 0 saturated heterocycles. The summed E-state index contributed by atoms with van der Waals surface area (Å²) >= 11 is 3.31. The van der Waals surface area contributed by atoms with E-state index in [0.717, 1.165) is 30.2 Å². The number of carboxylic acid groups (broad SMARTS) is 1. The fourth-order valence-corrected chi connectivity index (χ4v) is 3.04. The Labute approximate surface area is 144 Å². The van der Waals surface area contributed by atoms with E-state index in [9.17, 15) is 14.7 Å². The maximum Gasteiger partial charge on any atom is 0.330 e. The fourth-order valence-electron chi connectivity index (χ4n) is 2.78. The van der Waals surface area contributed by atoms with Crippen LogP contribution in [0, 0.1) is 0 Å².